The quantitative estimate of drug-likeness (QED) is 0.815. The summed E-state index contributed by atoms with van der Waals surface area (Å²) >= 11 is 0. The molecule has 1 aromatic rings. The van der Waals surface area contributed by atoms with E-state index in [4.69, 9.17) is 5.73 Å². The lowest BCUT2D eigenvalue weighted by atomic mass is 9.77. The summed E-state index contributed by atoms with van der Waals surface area (Å²) in [7, 11) is 0. The van der Waals surface area contributed by atoms with Crippen LogP contribution >= 0.6 is 0 Å². The van der Waals surface area contributed by atoms with Gasteiger partial charge in [0.05, 0.1) is 0 Å². The van der Waals surface area contributed by atoms with Crippen molar-refractivity contribution in [3.05, 3.63) is 5.69 Å². The Bertz CT molecular complexity index is 441. The molecule has 0 unspecified atom stereocenters. The van der Waals surface area contributed by atoms with Gasteiger partial charge in [0, 0.05) is 13.1 Å². The molecule has 18 heavy (non-hydrogen) atoms. The van der Waals surface area contributed by atoms with E-state index in [9.17, 15) is 4.79 Å². The van der Waals surface area contributed by atoms with E-state index >= 15 is 0 Å². The van der Waals surface area contributed by atoms with E-state index in [1.807, 2.05) is 4.90 Å². The molecule has 2 N–H and O–H groups in total. The average Bonchev–Trinajstić information content (AvgIpc) is 2.99. The van der Waals surface area contributed by atoms with Crippen LogP contribution in [0.1, 0.15) is 49.0 Å². The van der Waals surface area contributed by atoms with Gasteiger partial charge in [0.2, 0.25) is 11.5 Å². The van der Waals surface area contributed by atoms with E-state index in [0.717, 1.165) is 25.9 Å². The third-order valence-electron chi connectivity index (χ3n) is 4.49. The van der Waals surface area contributed by atoms with E-state index in [1.54, 1.807) is 0 Å². The number of nitrogens with two attached hydrogens (primary N) is 1. The van der Waals surface area contributed by atoms with Gasteiger partial charge in [-0.05, 0) is 41.4 Å². The number of rotatable bonds is 1. The van der Waals surface area contributed by atoms with Gasteiger partial charge >= 0.3 is 0 Å². The number of nitrogens with zero attached hydrogens (tertiary/aromatic N) is 3. The number of hydrogen-bond donors (Lipinski definition) is 1. The number of anilines is 1. The monoisotopic (exact) mass is 250 g/mol. The molecule has 1 aliphatic carbocycles. The van der Waals surface area contributed by atoms with Crippen LogP contribution in [0.25, 0.3) is 0 Å². The van der Waals surface area contributed by atoms with Crippen LogP contribution in [0, 0.1) is 5.41 Å². The third kappa shape index (κ3) is 1.85. The minimum Gasteiger partial charge on any atom is -0.379 e. The first-order chi connectivity index (χ1) is 8.70. The molecule has 0 aromatic carbocycles. The minimum absolute atomic E-state index is 0.0844. The summed E-state index contributed by atoms with van der Waals surface area (Å²) in [6, 6.07) is 0. The largest absolute Gasteiger partial charge is 0.379 e. The second-order valence-corrected chi connectivity index (χ2v) is 5.50. The van der Waals surface area contributed by atoms with Gasteiger partial charge in [-0.2, -0.15) is 0 Å². The molecule has 0 bridgehead atoms. The summed E-state index contributed by atoms with van der Waals surface area (Å²) in [6.45, 7) is 1.59. The van der Waals surface area contributed by atoms with Crippen LogP contribution in [0.5, 0.6) is 0 Å². The molecule has 0 atom stereocenters. The zero-order chi connectivity index (χ0) is 12.6. The lowest BCUT2D eigenvalue weighted by Gasteiger charge is -2.39. The van der Waals surface area contributed by atoms with E-state index in [0.29, 0.717) is 5.41 Å². The van der Waals surface area contributed by atoms with E-state index < -0.39 is 0 Å². The summed E-state index contributed by atoms with van der Waals surface area (Å²) in [5.74, 6) is -0.0669. The molecule has 1 saturated heterocycles. The highest BCUT2D eigenvalue weighted by Crippen LogP contribution is 2.46. The smallest absolute Gasteiger partial charge is 0.280 e. The number of carbonyl (C=O) groups is 1. The van der Waals surface area contributed by atoms with Crippen LogP contribution in [-0.4, -0.2) is 34.2 Å². The molecular weight excluding hydrogens is 232 g/mol. The van der Waals surface area contributed by atoms with E-state index in [-0.39, 0.29) is 17.4 Å². The Kier molecular flexibility index (Phi) is 2.72. The van der Waals surface area contributed by atoms with Crippen molar-refractivity contribution in [2.75, 3.05) is 18.8 Å². The molecule has 1 amide bonds. The molecule has 2 aliphatic rings. The Hall–Kier alpha value is -1.59. The molecule has 6 heteroatoms. The van der Waals surface area contributed by atoms with Crippen molar-refractivity contribution < 1.29 is 9.42 Å². The maximum absolute atomic E-state index is 12.2. The van der Waals surface area contributed by atoms with Crippen molar-refractivity contribution >= 4 is 11.7 Å². The maximum atomic E-state index is 12.2. The normalized spacial score (nSPS) is 22.6. The first-order valence-corrected chi connectivity index (χ1v) is 6.58. The standard InChI is InChI=1S/C12H18N4O2/c13-10-9(14-18-15-10)11(17)16-7-5-12(6-8-16)3-1-2-4-12/h1-8H2,(H2,13,15). The molecule has 1 spiro atoms. The number of piperidine rings is 1. The second kappa shape index (κ2) is 4.26. The highest BCUT2D eigenvalue weighted by molar-refractivity contribution is 5.96. The molecule has 6 nitrogen and oxygen atoms in total. The van der Waals surface area contributed by atoms with Crippen molar-refractivity contribution in [3.8, 4) is 0 Å². The Morgan fingerprint density at radius 3 is 2.39 bits per heavy atom. The molecule has 1 aliphatic heterocycles. The van der Waals surface area contributed by atoms with Gasteiger partial charge in [0.15, 0.2) is 0 Å². The van der Waals surface area contributed by atoms with E-state index in [2.05, 4.69) is 14.9 Å². The van der Waals surface area contributed by atoms with Gasteiger partial charge in [-0.1, -0.05) is 12.8 Å². The number of nitrogen functional groups attached to an aromatic ring is 1. The fraction of sp³-hybridized carbons (Fsp3) is 0.750. The summed E-state index contributed by atoms with van der Waals surface area (Å²) < 4.78 is 4.48. The van der Waals surface area contributed by atoms with Crippen LogP contribution in [0.4, 0.5) is 5.82 Å². The van der Waals surface area contributed by atoms with Gasteiger partial charge in [0.25, 0.3) is 5.91 Å². The molecule has 2 heterocycles. The first kappa shape index (κ1) is 11.5. The highest BCUT2D eigenvalue weighted by atomic mass is 16.6. The van der Waals surface area contributed by atoms with Crippen LogP contribution < -0.4 is 5.73 Å². The fourth-order valence-corrected chi connectivity index (χ4v) is 3.30. The maximum Gasteiger partial charge on any atom is 0.280 e. The van der Waals surface area contributed by atoms with Crippen LogP contribution in [0.3, 0.4) is 0 Å². The summed E-state index contributed by atoms with van der Waals surface area (Å²) in [6.07, 6.45) is 7.53. The number of hydrogen-bond acceptors (Lipinski definition) is 5. The highest BCUT2D eigenvalue weighted by Gasteiger charge is 2.38. The number of likely N-dealkylation sites (tertiary alicyclic amines) is 1. The molecule has 98 valence electrons. The van der Waals surface area contributed by atoms with Gasteiger partial charge in [-0.3, -0.25) is 4.79 Å². The lowest BCUT2D eigenvalue weighted by Crippen LogP contribution is -2.42. The Labute approximate surface area is 105 Å². The zero-order valence-corrected chi connectivity index (χ0v) is 10.4. The SMILES string of the molecule is Nc1nonc1C(=O)N1CCC2(CCCC2)CC1. The minimum atomic E-state index is -0.151. The third-order valence-corrected chi connectivity index (χ3v) is 4.49. The summed E-state index contributed by atoms with van der Waals surface area (Å²) in [5, 5.41) is 7.03. The topological polar surface area (TPSA) is 85.2 Å². The molecule has 1 saturated carbocycles. The molecule has 2 fully saturated rings. The van der Waals surface area contributed by atoms with Gasteiger partial charge < -0.3 is 10.6 Å². The lowest BCUT2D eigenvalue weighted by molar-refractivity contribution is 0.0578. The zero-order valence-electron chi connectivity index (χ0n) is 10.4. The molecule has 3 rings (SSSR count). The molecule has 0 radical (unpaired) electrons. The summed E-state index contributed by atoms with van der Waals surface area (Å²) in [5.41, 5.74) is 6.20. The Balaban J connectivity index is 1.66. The Morgan fingerprint density at radius 2 is 1.83 bits per heavy atom. The van der Waals surface area contributed by atoms with E-state index in [1.165, 1.54) is 25.7 Å². The predicted molar refractivity (Wildman–Crippen MR) is 64.7 cm³/mol. The van der Waals surface area contributed by atoms with Crippen molar-refractivity contribution in [1.29, 1.82) is 0 Å². The van der Waals surface area contributed by atoms with Gasteiger partial charge in [-0.25, -0.2) is 4.63 Å². The number of carbonyl (C=O) groups excluding carboxylic acids is 1. The average molecular weight is 250 g/mol. The predicted octanol–water partition coefficient (Wildman–Crippen LogP) is 1.45. The van der Waals surface area contributed by atoms with Crippen LogP contribution in [0.15, 0.2) is 4.63 Å². The van der Waals surface area contributed by atoms with Crippen LogP contribution in [0.2, 0.25) is 0 Å². The first-order valence-electron chi connectivity index (χ1n) is 6.58. The van der Waals surface area contributed by atoms with Crippen molar-refractivity contribution in [2.24, 2.45) is 5.41 Å². The van der Waals surface area contributed by atoms with Gasteiger partial charge in [-0.15, -0.1) is 0 Å². The van der Waals surface area contributed by atoms with Crippen molar-refractivity contribution in [2.45, 2.75) is 38.5 Å². The molecule has 1 aromatic heterocycles. The fourth-order valence-electron chi connectivity index (χ4n) is 3.30. The van der Waals surface area contributed by atoms with Crippen molar-refractivity contribution in [3.63, 3.8) is 0 Å². The van der Waals surface area contributed by atoms with Crippen molar-refractivity contribution in [1.82, 2.24) is 15.2 Å². The van der Waals surface area contributed by atoms with Gasteiger partial charge in [0.1, 0.15) is 0 Å². The number of aromatic nitrogens is 2. The second-order valence-electron chi connectivity index (χ2n) is 5.50. The number of amides is 1. The van der Waals surface area contributed by atoms with Crippen LogP contribution in [-0.2, 0) is 0 Å². The molecular formula is C12H18N4O2. The summed E-state index contributed by atoms with van der Waals surface area (Å²) in [4.78, 5) is 14.0. The Morgan fingerprint density at radius 1 is 1.17 bits per heavy atom.